The average molecular weight is 375 g/mol. The molecule has 0 spiro atoms. The standard InChI is InChI=1S/C21H38N6/c1-17-25-26-20(27(17)2)16-23-21(24-19-13-4-3-5-14-19)22-15-9-8-12-18-10-6-7-11-18/h18-19H,3-16H2,1-2H3,(H2,22,23,24). The molecule has 0 aliphatic heterocycles. The van der Waals surface area contributed by atoms with Crippen molar-refractivity contribution in [3.05, 3.63) is 11.6 Å². The quantitative estimate of drug-likeness (QED) is 0.412. The number of aliphatic imine (C=N–C) groups is 1. The van der Waals surface area contributed by atoms with Crippen LogP contribution < -0.4 is 10.6 Å². The molecule has 0 amide bonds. The second-order valence-corrected chi connectivity index (χ2v) is 8.44. The van der Waals surface area contributed by atoms with Crippen LogP contribution in [0, 0.1) is 12.8 Å². The molecule has 0 radical (unpaired) electrons. The maximum atomic E-state index is 4.81. The maximum absolute atomic E-state index is 4.81. The zero-order valence-corrected chi connectivity index (χ0v) is 17.3. The van der Waals surface area contributed by atoms with E-state index >= 15 is 0 Å². The van der Waals surface area contributed by atoms with Crippen LogP contribution >= 0.6 is 0 Å². The van der Waals surface area contributed by atoms with Crippen LogP contribution in [-0.2, 0) is 13.6 Å². The molecule has 2 aliphatic carbocycles. The van der Waals surface area contributed by atoms with Crippen molar-refractivity contribution in [1.29, 1.82) is 0 Å². The molecule has 0 atom stereocenters. The second kappa shape index (κ2) is 10.7. The Morgan fingerprint density at radius 3 is 2.48 bits per heavy atom. The summed E-state index contributed by atoms with van der Waals surface area (Å²) in [4.78, 5) is 4.81. The molecule has 6 heteroatoms. The lowest BCUT2D eigenvalue weighted by Crippen LogP contribution is -2.44. The molecule has 2 N–H and O–H groups in total. The number of aromatic nitrogens is 3. The van der Waals surface area contributed by atoms with Gasteiger partial charge >= 0.3 is 0 Å². The Morgan fingerprint density at radius 2 is 1.78 bits per heavy atom. The first kappa shape index (κ1) is 20.2. The fourth-order valence-corrected chi connectivity index (χ4v) is 4.40. The van der Waals surface area contributed by atoms with Gasteiger partial charge in [-0.15, -0.1) is 10.2 Å². The molecule has 0 bridgehead atoms. The number of unbranched alkanes of at least 4 members (excludes halogenated alkanes) is 1. The number of guanidine groups is 1. The van der Waals surface area contributed by atoms with Gasteiger partial charge < -0.3 is 15.2 Å². The smallest absolute Gasteiger partial charge is 0.191 e. The number of rotatable bonds is 8. The summed E-state index contributed by atoms with van der Waals surface area (Å²) in [6, 6.07) is 0.560. The molecule has 152 valence electrons. The fraction of sp³-hybridized carbons (Fsp3) is 0.857. The minimum absolute atomic E-state index is 0.560. The molecule has 27 heavy (non-hydrogen) atoms. The van der Waals surface area contributed by atoms with Gasteiger partial charge in [-0.2, -0.15) is 0 Å². The van der Waals surface area contributed by atoms with Crippen LogP contribution in [0.3, 0.4) is 0 Å². The first-order valence-electron chi connectivity index (χ1n) is 11.1. The molecule has 0 saturated heterocycles. The first-order valence-corrected chi connectivity index (χ1v) is 11.1. The van der Waals surface area contributed by atoms with Crippen LogP contribution in [0.2, 0.25) is 0 Å². The number of hydrogen-bond donors (Lipinski definition) is 2. The van der Waals surface area contributed by atoms with Gasteiger partial charge in [0.1, 0.15) is 12.4 Å². The summed E-state index contributed by atoms with van der Waals surface area (Å²) in [5.74, 6) is 3.79. The molecular weight excluding hydrogens is 336 g/mol. The van der Waals surface area contributed by atoms with Gasteiger partial charge in [0.25, 0.3) is 0 Å². The van der Waals surface area contributed by atoms with Crippen molar-refractivity contribution in [2.24, 2.45) is 18.0 Å². The number of nitrogens with zero attached hydrogens (tertiary/aromatic N) is 4. The van der Waals surface area contributed by atoms with Crippen LogP contribution in [-0.4, -0.2) is 33.3 Å². The second-order valence-electron chi connectivity index (χ2n) is 8.44. The van der Waals surface area contributed by atoms with E-state index in [1.807, 2.05) is 18.5 Å². The Kier molecular flexibility index (Phi) is 7.96. The van der Waals surface area contributed by atoms with E-state index < -0.39 is 0 Å². The van der Waals surface area contributed by atoms with Gasteiger partial charge in [-0.1, -0.05) is 57.8 Å². The molecule has 2 fully saturated rings. The SMILES string of the molecule is Cc1nnc(CN=C(NCCCCC2CCCC2)NC2CCCCC2)n1C. The van der Waals surface area contributed by atoms with Crippen molar-refractivity contribution >= 4 is 5.96 Å². The Labute approximate surface area is 164 Å². The molecule has 6 nitrogen and oxygen atoms in total. The van der Waals surface area contributed by atoms with Crippen molar-refractivity contribution in [3.63, 3.8) is 0 Å². The molecule has 1 aromatic heterocycles. The summed E-state index contributed by atoms with van der Waals surface area (Å²) in [5.41, 5.74) is 0. The lowest BCUT2D eigenvalue weighted by Gasteiger charge is -2.25. The van der Waals surface area contributed by atoms with E-state index in [2.05, 4.69) is 20.8 Å². The summed E-state index contributed by atoms with van der Waals surface area (Å²) in [5, 5.41) is 15.6. The third-order valence-corrected chi connectivity index (χ3v) is 6.31. The minimum Gasteiger partial charge on any atom is -0.356 e. The summed E-state index contributed by atoms with van der Waals surface area (Å²) in [6.07, 6.45) is 16.3. The zero-order chi connectivity index (χ0) is 18.9. The highest BCUT2D eigenvalue weighted by Crippen LogP contribution is 2.28. The molecule has 3 rings (SSSR count). The Balaban J connectivity index is 1.47. The van der Waals surface area contributed by atoms with Crippen LogP contribution in [0.1, 0.15) is 88.7 Å². The van der Waals surface area contributed by atoms with E-state index in [1.54, 1.807) is 0 Å². The van der Waals surface area contributed by atoms with Gasteiger partial charge in [-0.05, 0) is 32.1 Å². The lowest BCUT2D eigenvalue weighted by atomic mass is 9.96. The largest absolute Gasteiger partial charge is 0.356 e. The highest BCUT2D eigenvalue weighted by Gasteiger charge is 2.16. The van der Waals surface area contributed by atoms with Gasteiger partial charge in [0, 0.05) is 19.6 Å². The summed E-state index contributed by atoms with van der Waals surface area (Å²) in [6.45, 7) is 3.55. The van der Waals surface area contributed by atoms with E-state index in [0.29, 0.717) is 12.6 Å². The highest BCUT2D eigenvalue weighted by atomic mass is 15.3. The molecular formula is C21H38N6. The third kappa shape index (κ3) is 6.51. The monoisotopic (exact) mass is 374 g/mol. The molecule has 2 aliphatic rings. The predicted molar refractivity (Wildman–Crippen MR) is 111 cm³/mol. The number of aryl methyl sites for hydroxylation is 1. The van der Waals surface area contributed by atoms with Crippen LogP contribution in [0.25, 0.3) is 0 Å². The maximum Gasteiger partial charge on any atom is 0.191 e. The zero-order valence-electron chi connectivity index (χ0n) is 17.3. The van der Waals surface area contributed by atoms with Crippen molar-refractivity contribution in [2.75, 3.05) is 6.54 Å². The van der Waals surface area contributed by atoms with Gasteiger partial charge in [0.15, 0.2) is 11.8 Å². The minimum atomic E-state index is 0.560. The first-order chi connectivity index (χ1) is 13.2. The third-order valence-electron chi connectivity index (χ3n) is 6.31. The van der Waals surface area contributed by atoms with E-state index in [0.717, 1.165) is 30.1 Å². The van der Waals surface area contributed by atoms with Crippen molar-refractivity contribution in [3.8, 4) is 0 Å². The molecule has 0 aromatic carbocycles. The fourth-order valence-electron chi connectivity index (χ4n) is 4.40. The van der Waals surface area contributed by atoms with Crippen LogP contribution in [0.15, 0.2) is 4.99 Å². The van der Waals surface area contributed by atoms with E-state index in [4.69, 9.17) is 4.99 Å². The molecule has 0 unspecified atom stereocenters. The van der Waals surface area contributed by atoms with Crippen LogP contribution in [0.4, 0.5) is 0 Å². The van der Waals surface area contributed by atoms with E-state index in [1.165, 1.54) is 77.0 Å². The van der Waals surface area contributed by atoms with Gasteiger partial charge in [-0.25, -0.2) is 4.99 Å². The molecule has 1 aromatic rings. The van der Waals surface area contributed by atoms with Gasteiger partial charge in [0.05, 0.1) is 0 Å². The summed E-state index contributed by atoms with van der Waals surface area (Å²) >= 11 is 0. The summed E-state index contributed by atoms with van der Waals surface area (Å²) < 4.78 is 2.02. The van der Waals surface area contributed by atoms with E-state index in [-0.39, 0.29) is 0 Å². The highest BCUT2D eigenvalue weighted by molar-refractivity contribution is 5.80. The van der Waals surface area contributed by atoms with Crippen molar-refractivity contribution in [2.45, 2.75) is 96.6 Å². The normalized spacial score (nSPS) is 19.6. The number of nitrogens with one attached hydrogen (secondary N) is 2. The Bertz CT molecular complexity index is 581. The lowest BCUT2D eigenvalue weighted by molar-refractivity contribution is 0.409. The Hall–Kier alpha value is -1.59. The van der Waals surface area contributed by atoms with Gasteiger partial charge in [0.2, 0.25) is 0 Å². The van der Waals surface area contributed by atoms with E-state index in [9.17, 15) is 0 Å². The molecule has 2 saturated carbocycles. The number of hydrogen-bond acceptors (Lipinski definition) is 3. The van der Waals surface area contributed by atoms with Crippen molar-refractivity contribution < 1.29 is 0 Å². The van der Waals surface area contributed by atoms with Crippen molar-refractivity contribution in [1.82, 2.24) is 25.4 Å². The van der Waals surface area contributed by atoms with Crippen LogP contribution in [0.5, 0.6) is 0 Å². The average Bonchev–Trinajstić information content (AvgIpc) is 3.31. The topological polar surface area (TPSA) is 67.1 Å². The predicted octanol–water partition coefficient (Wildman–Crippen LogP) is 3.85. The Morgan fingerprint density at radius 1 is 1.04 bits per heavy atom. The van der Waals surface area contributed by atoms with Gasteiger partial charge in [-0.3, -0.25) is 0 Å². The summed E-state index contributed by atoms with van der Waals surface area (Å²) in [7, 11) is 2.00. The molecule has 1 heterocycles.